The third kappa shape index (κ3) is 5.32. The summed E-state index contributed by atoms with van der Waals surface area (Å²) in [5.74, 6) is -0.511. The molecule has 8 heteroatoms. The van der Waals surface area contributed by atoms with Crippen LogP contribution >= 0.6 is 23.2 Å². The van der Waals surface area contributed by atoms with E-state index in [9.17, 15) is 14.4 Å². The highest BCUT2D eigenvalue weighted by molar-refractivity contribution is 6.39. The summed E-state index contributed by atoms with van der Waals surface area (Å²) in [5, 5.41) is 3.33. The standard InChI is InChI=1S/C22H23Cl2N3O3/c1-2-26(14-19(28)25-21-17(23)8-4-9-18(21)24)22(30)16-7-3-6-15(12-16)13-27-11-5-10-20(27)29/h3-4,6-9,12H,2,5,10-11,13-14H2,1H3,(H,25,28). The van der Waals surface area contributed by atoms with Gasteiger partial charge in [-0.05, 0) is 43.2 Å². The van der Waals surface area contributed by atoms with E-state index in [1.54, 1.807) is 48.2 Å². The second kappa shape index (κ2) is 9.96. The zero-order valence-corrected chi connectivity index (χ0v) is 18.2. The Morgan fingerprint density at radius 1 is 1.13 bits per heavy atom. The smallest absolute Gasteiger partial charge is 0.254 e. The van der Waals surface area contributed by atoms with Crippen molar-refractivity contribution in [2.75, 3.05) is 25.0 Å². The van der Waals surface area contributed by atoms with Crippen LogP contribution in [0, 0.1) is 0 Å². The number of benzene rings is 2. The minimum atomic E-state index is -0.390. The number of hydrogen-bond acceptors (Lipinski definition) is 3. The second-order valence-corrected chi connectivity index (χ2v) is 7.90. The molecule has 1 aliphatic rings. The normalized spacial score (nSPS) is 13.4. The molecule has 30 heavy (non-hydrogen) atoms. The number of nitrogens with one attached hydrogen (secondary N) is 1. The van der Waals surface area contributed by atoms with Gasteiger partial charge in [0.05, 0.1) is 15.7 Å². The summed E-state index contributed by atoms with van der Waals surface area (Å²) in [6.07, 6.45) is 1.44. The number of amides is 3. The van der Waals surface area contributed by atoms with E-state index in [0.717, 1.165) is 18.5 Å². The van der Waals surface area contributed by atoms with E-state index in [2.05, 4.69) is 5.32 Å². The number of likely N-dealkylation sites (N-methyl/N-ethyl adjacent to an activating group) is 1. The number of likely N-dealkylation sites (tertiary alicyclic amines) is 1. The quantitative estimate of drug-likeness (QED) is 0.690. The molecule has 158 valence electrons. The number of hydrogen-bond donors (Lipinski definition) is 1. The van der Waals surface area contributed by atoms with Gasteiger partial charge in [0.25, 0.3) is 5.91 Å². The van der Waals surface area contributed by atoms with Crippen molar-refractivity contribution in [1.82, 2.24) is 9.80 Å². The van der Waals surface area contributed by atoms with Crippen molar-refractivity contribution in [2.24, 2.45) is 0 Å². The van der Waals surface area contributed by atoms with Gasteiger partial charge < -0.3 is 15.1 Å². The molecule has 1 fully saturated rings. The molecule has 0 atom stereocenters. The largest absolute Gasteiger partial charge is 0.338 e. The lowest BCUT2D eigenvalue weighted by Gasteiger charge is -2.21. The number of anilines is 1. The van der Waals surface area contributed by atoms with Gasteiger partial charge in [-0.3, -0.25) is 14.4 Å². The van der Waals surface area contributed by atoms with Crippen molar-refractivity contribution in [3.63, 3.8) is 0 Å². The van der Waals surface area contributed by atoms with Crippen LogP contribution in [0.3, 0.4) is 0 Å². The van der Waals surface area contributed by atoms with Gasteiger partial charge >= 0.3 is 0 Å². The lowest BCUT2D eigenvalue weighted by atomic mass is 10.1. The van der Waals surface area contributed by atoms with Crippen LogP contribution in [0.5, 0.6) is 0 Å². The SMILES string of the molecule is CCN(CC(=O)Nc1c(Cl)cccc1Cl)C(=O)c1cccc(CN2CCCC2=O)c1. The van der Waals surface area contributed by atoms with Crippen molar-refractivity contribution in [1.29, 1.82) is 0 Å². The summed E-state index contributed by atoms with van der Waals surface area (Å²) < 4.78 is 0. The third-order valence-electron chi connectivity index (χ3n) is 4.95. The highest BCUT2D eigenvalue weighted by Gasteiger charge is 2.22. The van der Waals surface area contributed by atoms with Crippen molar-refractivity contribution < 1.29 is 14.4 Å². The second-order valence-electron chi connectivity index (χ2n) is 7.08. The van der Waals surface area contributed by atoms with Crippen LogP contribution in [0.4, 0.5) is 5.69 Å². The van der Waals surface area contributed by atoms with Crippen molar-refractivity contribution in [3.8, 4) is 0 Å². The van der Waals surface area contributed by atoms with E-state index in [0.29, 0.717) is 40.8 Å². The predicted molar refractivity (Wildman–Crippen MR) is 118 cm³/mol. The lowest BCUT2D eigenvalue weighted by Crippen LogP contribution is -2.38. The van der Waals surface area contributed by atoms with Crippen LogP contribution in [-0.2, 0) is 16.1 Å². The predicted octanol–water partition coefficient (Wildman–Crippen LogP) is 4.22. The number of para-hydroxylation sites is 1. The van der Waals surface area contributed by atoms with E-state index in [1.165, 1.54) is 4.90 Å². The summed E-state index contributed by atoms with van der Waals surface area (Å²) in [4.78, 5) is 40.6. The van der Waals surface area contributed by atoms with Gasteiger partial charge in [-0.25, -0.2) is 0 Å². The zero-order chi connectivity index (χ0) is 21.7. The molecule has 1 aliphatic heterocycles. The highest BCUT2D eigenvalue weighted by atomic mass is 35.5. The number of halogens is 2. The van der Waals surface area contributed by atoms with Crippen LogP contribution in [0.2, 0.25) is 10.0 Å². The van der Waals surface area contributed by atoms with Crippen LogP contribution in [0.15, 0.2) is 42.5 Å². The van der Waals surface area contributed by atoms with Gasteiger partial charge in [-0.2, -0.15) is 0 Å². The summed E-state index contributed by atoms with van der Waals surface area (Å²) in [7, 11) is 0. The molecular weight excluding hydrogens is 425 g/mol. The van der Waals surface area contributed by atoms with Crippen LogP contribution in [0.1, 0.15) is 35.7 Å². The molecule has 3 amide bonds. The molecule has 0 aliphatic carbocycles. The molecule has 6 nitrogen and oxygen atoms in total. The van der Waals surface area contributed by atoms with Crippen molar-refractivity contribution in [3.05, 3.63) is 63.6 Å². The average molecular weight is 448 g/mol. The molecule has 1 heterocycles. The Morgan fingerprint density at radius 2 is 1.83 bits per heavy atom. The average Bonchev–Trinajstić information content (AvgIpc) is 3.13. The fourth-order valence-corrected chi connectivity index (χ4v) is 3.87. The Kier molecular flexibility index (Phi) is 7.34. The van der Waals surface area contributed by atoms with E-state index in [-0.39, 0.29) is 24.3 Å². The van der Waals surface area contributed by atoms with E-state index < -0.39 is 0 Å². The van der Waals surface area contributed by atoms with E-state index in [1.807, 2.05) is 6.07 Å². The van der Waals surface area contributed by atoms with Gasteiger partial charge in [-0.15, -0.1) is 0 Å². The molecule has 2 aromatic carbocycles. The molecule has 0 bridgehead atoms. The summed E-state index contributed by atoms with van der Waals surface area (Å²) >= 11 is 12.2. The molecule has 0 radical (unpaired) electrons. The number of rotatable bonds is 7. The molecule has 3 rings (SSSR count). The first kappa shape index (κ1) is 22.1. The minimum absolute atomic E-state index is 0.133. The van der Waals surface area contributed by atoms with Gasteiger partial charge in [-0.1, -0.05) is 41.4 Å². The molecule has 1 saturated heterocycles. The molecule has 0 unspecified atom stereocenters. The first-order chi connectivity index (χ1) is 14.4. The van der Waals surface area contributed by atoms with Crippen LogP contribution < -0.4 is 5.32 Å². The monoisotopic (exact) mass is 447 g/mol. The molecule has 1 N–H and O–H groups in total. The molecule has 2 aromatic rings. The fourth-order valence-electron chi connectivity index (χ4n) is 3.37. The topological polar surface area (TPSA) is 69.7 Å². The summed E-state index contributed by atoms with van der Waals surface area (Å²) in [6, 6.07) is 12.1. The van der Waals surface area contributed by atoms with Gasteiger partial charge in [0, 0.05) is 31.6 Å². The highest BCUT2D eigenvalue weighted by Crippen LogP contribution is 2.29. The first-order valence-corrected chi connectivity index (χ1v) is 10.5. The maximum atomic E-state index is 13.0. The minimum Gasteiger partial charge on any atom is -0.338 e. The van der Waals surface area contributed by atoms with Gasteiger partial charge in [0.2, 0.25) is 11.8 Å². The van der Waals surface area contributed by atoms with E-state index in [4.69, 9.17) is 23.2 Å². The third-order valence-corrected chi connectivity index (χ3v) is 5.58. The number of carbonyl (C=O) groups excluding carboxylic acids is 3. The Bertz CT molecular complexity index is 944. The zero-order valence-electron chi connectivity index (χ0n) is 16.7. The molecule has 0 aromatic heterocycles. The molecule has 0 spiro atoms. The Labute approximate surface area is 185 Å². The maximum Gasteiger partial charge on any atom is 0.254 e. The first-order valence-electron chi connectivity index (χ1n) is 9.79. The molecular formula is C22H23Cl2N3O3. The van der Waals surface area contributed by atoms with Crippen molar-refractivity contribution >= 4 is 46.6 Å². The van der Waals surface area contributed by atoms with Crippen molar-refractivity contribution in [2.45, 2.75) is 26.3 Å². The maximum absolute atomic E-state index is 13.0. The Balaban J connectivity index is 1.67. The van der Waals surface area contributed by atoms with Crippen LogP contribution in [0.25, 0.3) is 0 Å². The van der Waals surface area contributed by atoms with Crippen LogP contribution in [-0.4, -0.2) is 47.2 Å². The number of carbonyl (C=O) groups is 3. The van der Waals surface area contributed by atoms with E-state index >= 15 is 0 Å². The summed E-state index contributed by atoms with van der Waals surface area (Å²) in [5.41, 5.74) is 1.69. The summed E-state index contributed by atoms with van der Waals surface area (Å²) in [6.45, 7) is 3.25. The Hall–Kier alpha value is -2.57. The number of nitrogens with zero attached hydrogens (tertiary/aromatic N) is 2. The lowest BCUT2D eigenvalue weighted by molar-refractivity contribution is -0.128. The van der Waals surface area contributed by atoms with Gasteiger partial charge in [0.1, 0.15) is 6.54 Å². The fraction of sp³-hybridized carbons (Fsp3) is 0.318. The Morgan fingerprint density at radius 3 is 2.47 bits per heavy atom. The van der Waals surface area contributed by atoms with Gasteiger partial charge in [0.15, 0.2) is 0 Å². The molecule has 0 saturated carbocycles.